The molecule has 3 fully saturated rings. The Morgan fingerprint density at radius 3 is 2.30 bits per heavy atom. The molecule has 2 aromatic carbocycles. The Hall–Kier alpha value is -2.70. The molecule has 0 unspecified atom stereocenters. The first kappa shape index (κ1) is 19.3. The van der Waals surface area contributed by atoms with E-state index in [0.717, 1.165) is 36.8 Å². The van der Waals surface area contributed by atoms with Crippen molar-refractivity contribution < 1.29 is 14.7 Å². The van der Waals surface area contributed by atoms with Gasteiger partial charge in [0.15, 0.2) is 0 Å². The Morgan fingerprint density at radius 2 is 1.60 bits per heavy atom. The van der Waals surface area contributed by atoms with Gasteiger partial charge in [-0.05, 0) is 36.1 Å². The molecule has 0 radical (unpaired) electrons. The van der Waals surface area contributed by atoms with Gasteiger partial charge in [0.05, 0.1) is 12.0 Å². The molecule has 30 heavy (non-hydrogen) atoms. The summed E-state index contributed by atoms with van der Waals surface area (Å²) in [7, 11) is 0. The van der Waals surface area contributed by atoms with E-state index in [0.29, 0.717) is 6.54 Å². The first-order valence-electron chi connectivity index (χ1n) is 10.9. The molecule has 6 nitrogen and oxygen atoms in total. The van der Waals surface area contributed by atoms with Crippen LogP contribution in [-0.2, 0) is 16.1 Å². The number of hydrogen-bond donors (Lipinski definition) is 2. The topological polar surface area (TPSA) is 72.9 Å². The number of hydrazine groups is 1. The van der Waals surface area contributed by atoms with E-state index in [1.54, 1.807) is 17.0 Å². The second-order valence-corrected chi connectivity index (χ2v) is 8.62. The lowest BCUT2D eigenvalue weighted by molar-refractivity contribution is -0.145. The number of rotatable bonds is 4. The number of imide groups is 1. The molecule has 0 bridgehead atoms. The van der Waals surface area contributed by atoms with Crippen LogP contribution in [0.2, 0.25) is 0 Å². The van der Waals surface area contributed by atoms with E-state index in [2.05, 4.69) is 5.43 Å². The summed E-state index contributed by atoms with van der Waals surface area (Å²) >= 11 is 0. The standard InChI is InChI=1S/C24H27N3O3/c28-19-13-11-17(12-14-19)21-20-22(26(25-21)15-16-7-3-1-4-8-16)24(30)27(23(20)29)18-9-5-2-6-10-18/h1,3-4,7-8,11-14,18,20-22,25,28H,2,5-6,9-10,15H2/t20-,21+,22-/m0/s1. The molecule has 0 spiro atoms. The van der Waals surface area contributed by atoms with Crippen LogP contribution in [0.4, 0.5) is 0 Å². The molecule has 3 atom stereocenters. The number of nitrogens with zero attached hydrogens (tertiary/aromatic N) is 2. The molecule has 6 heteroatoms. The van der Waals surface area contributed by atoms with Crippen molar-refractivity contribution in [2.75, 3.05) is 0 Å². The highest BCUT2D eigenvalue weighted by Gasteiger charge is 2.59. The third-order valence-corrected chi connectivity index (χ3v) is 6.74. The smallest absolute Gasteiger partial charge is 0.249 e. The van der Waals surface area contributed by atoms with Gasteiger partial charge in [-0.15, -0.1) is 0 Å². The summed E-state index contributed by atoms with van der Waals surface area (Å²) in [4.78, 5) is 28.6. The second kappa shape index (κ2) is 7.85. The van der Waals surface area contributed by atoms with Crippen LogP contribution < -0.4 is 5.43 Å². The van der Waals surface area contributed by atoms with Crippen molar-refractivity contribution in [3.05, 3.63) is 65.7 Å². The quantitative estimate of drug-likeness (QED) is 0.765. The zero-order chi connectivity index (χ0) is 20.7. The second-order valence-electron chi connectivity index (χ2n) is 8.62. The monoisotopic (exact) mass is 405 g/mol. The van der Waals surface area contributed by atoms with Crippen LogP contribution in [0.3, 0.4) is 0 Å². The predicted octanol–water partition coefficient (Wildman–Crippen LogP) is 3.14. The van der Waals surface area contributed by atoms with Gasteiger partial charge in [0.1, 0.15) is 11.8 Å². The number of carbonyl (C=O) groups excluding carboxylic acids is 2. The lowest BCUT2D eigenvalue weighted by atomic mass is 9.90. The minimum atomic E-state index is -0.501. The maximum Gasteiger partial charge on any atom is 0.249 e. The molecule has 1 aliphatic carbocycles. The molecule has 2 saturated heterocycles. The van der Waals surface area contributed by atoms with Crippen LogP contribution in [-0.4, -0.2) is 38.9 Å². The number of carbonyl (C=O) groups is 2. The van der Waals surface area contributed by atoms with Crippen molar-refractivity contribution in [1.29, 1.82) is 0 Å². The van der Waals surface area contributed by atoms with Gasteiger partial charge in [0.2, 0.25) is 11.8 Å². The first-order valence-corrected chi connectivity index (χ1v) is 10.9. The molecule has 2 N–H and O–H groups in total. The van der Waals surface area contributed by atoms with Crippen molar-refractivity contribution in [3.8, 4) is 5.75 Å². The van der Waals surface area contributed by atoms with Crippen molar-refractivity contribution in [2.24, 2.45) is 5.92 Å². The SMILES string of the molecule is O=C1[C@H]2[C@@H](c3ccc(O)cc3)NN(Cc3ccccc3)[C@@H]2C(=O)N1C1CCCCC1. The predicted molar refractivity (Wildman–Crippen MR) is 112 cm³/mol. The maximum atomic E-state index is 13.5. The Bertz CT molecular complexity index is 924. The van der Waals surface area contributed by atoms with Gasteiger partial charge in [-0.3, -0.25) is 14.5 Å². The highest BCUT2D eigenvalue weighted by Crippen LogP contribution is 2.43. The van der Waals surface area contributed by atoms with Crippen LogP contribution in [0.25, 0.3) is 0 Å². The summed E-state index contributed by atoms with van der Waals surface area (Å²) in [6.45, 7) is 0.550. The van der Waals surface area contributed by atoms with Crippen molar-refractivity contribution in [3.63, 3.8) is 0 Å². The number of phenols is 1. The highest BCUT2D eigenvalue weighted by atomic mass is 16.3. The van der Waals surface area contributed by atoms with Gasteiger partial charge < -0.3 is 5.11 Å². The molecule has 156 valence electrons. The number of hydrogen-bond acceptors (Lipinski definition) is 5. The fourth-order valence-electron chi connectivity index (χ4n) is 5.28. The van der Waals surface area contributed by atoms with Crippen molar-refractivity contribution in [1.82, 2.24) is 15.3 Å². The van der Waals surface area contributed by atoms with E-state index in [9.17, 15) is 14.7 Å². The minimum Gasteiger partial charge on any atom is -0.508 e. The summed E-state index contributed by atoms with van der Waals surface area (Å²) in [5.41, 5.74) is 5.44. The fraction of sp³-hybridized carbons (Fsp3) is 0.417. The summed E-state index contributed by atoms with van der Waals surface area (Å²) in [5.74, 6) is -0.389. The van der Waals surface area contributed by atoms with Crippen molar-refractivity contribution in [2.45, 2.75) is 56.8 Å². The normalized spacial score (nSPS) is 27.6. The van der Waals surface area contributed by atoms with E-state index in [-0.39, 0.29) is 29.6 Å². The Labute approximate surface area is 176 Å². The maximum absolute atomic E-state index is 13.5. The van der Waals surface area contributed by atoms with E-state index < -0.39 is 12.0 Å². The number of amides is 2. The van der Waals surface area contributed by atoms with Gasteiger partial charge in [-0.1, -0.05) is 61.7 Å². The molecule has 2 amide bonds. The Balaban J connectivity index is 1.49. The number of nitrogens with one attached hydrogen (secondary N) is 1. The van der Waals surface area contributed by atoms with Crippen LogP contribution in [0.1, 0.15) is 49.3 Å². The summed E-state index contributed by atoms with van der Waals surface area (Å²) < 4.78 is 0. The van der Waals surface area contributed by atoms with Gasteiger partial charge in [-0.2, -0.15) is 0 Å². The van der Waals surface area contributed by atoms with Crippen LogP contribution >= 0.6 is 0 Å². The number of likely N-dealkylation sites (tertiary alicyclic amines) is 1. The molecular weight excluding hydrogens is 378 g/mol. The molecule has 3 aliphatic rings. The van der Waals surface area contributed by atoms with E-state index in [1.165, 1.54) is 6.42 Å². The lowest BCUT2D eigenvalue weighted by Gasteiger charge is -2.32. The third kappa shape index (κ3) is 3.30. The van der Waals surface area contributed by atoms with Crippen molar-refractivity contribution >= 4 is 11.8 Å². The third-order valence-electron chi connectivity index (χ3n) is 6.74. The average Bonchev–Trinajstić information content (AvgIpc) is 3.26. The summed E-state index contributed by atoms with van der Waals surface area (Å²) in [5, 5.41) is 11.6. The molecule has 2 aromatic rings. The number of phenolic OH excluding ortho intramolecular Hbond substituents is 1. The van der Waals surface area contributed by atoms with Gasteiger partial charge in [0, 0.05) is 12.6 Å². The average molecular weight is 405 g/mol. The first-order chi connectivity index (χ1) is 14.6. The largest absolute Gasteiger partial charge is 0.508 e. The van der Waals surface area contributed by atoms with Crippen LogP contribution in [0.15, 0.2) is 54.6 Å². The molecule has 1 saturated carbocycles. The van der Waals surface area contributed by atoms with Gasteiger partial charge >= 0.3 is 0 Å². The van der Waals surface area contributed by atoms with E-state index in [4.69, 9.17) is 0 Å². The molecule has 2 heterocycles. The van der Waals surface area contributed by atoms with E-state index >= 15 is 0 Å². The Kier molecular flexibility index (Phi) is 5.05. The van der Waals surface area contributed by atoms with Crippen LogP contribution in [0.5, 0.6) is 5.75 Å². The number of benzene rings is 2. The Morgan fingerprint density at radius 1 is 0.900 bits per heavy atom. The number of fused-ring (bicyclic) bond motifs is 1. The zero-order valence-electron chi connectivity index (χ0n) is 16.9. The van der Waals surface area contributed by atoms with Gasteiger partial charge in [0.25, 0.3) is 0 Å². The minimum absolute atomic E-state index is 0.0309. The molecular formula is C24H27N3O3. The highest BCUT2D eigenvalue weighted by molar-refractivity contribution is 6.08. The summed E-state index contributed by atoms with van der Waals surface area (Å²) in [6, 6.07) is 16.2. The number of aromatic hydroxyl groups is 1. The zero-order valence-corrected chi connectivity index (χ0v) is 16.9. The fourth-order valence-corrected chi connectivity index (χ4v) is 5.28. The van der Waals surface area contributed by atoms with Gasteiger partial charge in [-0.25, -0.2) is 10.4 Å². The van der Waals surface area contributed by atoms with Crippen LogP contribution in [0, 0.1) is 5.92 Å². The molecule has 2 aliphatic heterocycles. The summed E-state index contributed by atoms with van der Waals surface area (Å²) in [6.07, 6.45) is 5.14. The van der Waals surface area contributed by atoms with E-state index in [1.807, 2.05) is 47.5 Å². The molecule has 0 aromatic heterocycles. The molecule has 5 rings (SSSR count). The lowest BCUT2D eigenvalue weighted by Crippen LogP contribution is -2.48.